The summed E-state index contributed by atoms with van der Waals surface area (Å²) in [5.41, 5.74) is 0.980. The Morgan fingerprint density at radius 1 is 0.950 bits per heavy atom. The SMILES string of the molecule is Fc1ccc(C2CCCCCC2CNC2CC2)cc1F. The third-order valence-electron chi connectivity index (χ3n) is 4.78. The van der Waals surface area contributed by atoms with Crippen LogP contribution in [-0.4, -0.2) is 12.6 Å². The molecule has 3 rings (SSSR count). The second-order valence-electron chi connectivity index (χ2n) is 6.36. The topological polar surface area (TPSA) is 12.0 Å². The molecule has 2 atom stereocenters. The lowest BCUT2D eigenvalue weighted by molar-refractivity contribution is 0.372. The Balaban J connectivity index is 1.75. The molecule has 1 aromatic rings. The Bertz CT molecular complexity index is 456. The number of nitrogens with one attached hydrogen (secondary N) is 1. The minimum absolute atomic E-state index is 0.374. The van der Waals surface area contributed by atoms with Crippen LogP contribution in [0.1, 0.15) is 56.4 Å². The maximum atomic E-state index is 13.5. The number of hydrogen-bond acceptors (Lipinski definition) is 1. The Hall–Kier alpha value is -0.960. The molecule has 0 aliphatic heterocycles. The number of halogens is 2. The predicted molar refractivity (Wildman–Crippen MR) is 76.7 cm³/mol. The lowest BCUT2D eigenvalue weighted by Gasteiger charge is -2.26. The van der Waals surface area contributed by atoms with Gasteiger partial charge in [-0.15, -0.1) is 0 Å². The summed E-state index contributed by atoms with van der Waals surface area (Å²) in [6.07, 6.45) is 8.61. The normalized spacial score (nSPS) is 27.3. The van der Waals surface area contributed by atoms with Crippen molar-refractivity contribution in [1.29, 1.82) is 0 Å². The Kier molecular flexibility index (Phi) is 4.35. The zero-order chi connectivity index (χ0) is 13.9. The highest BCUT2D eigenvalue weighted by Gasteiger charge is 2.28. The van der Waals surface area contributed by atoms with Gasteiger partial charge in [-0.3, -0.25) is 0 Å². The molecule has 1 nitrogen and oxygen atoms in total. The summed E-state index contributed by atoms with van der Waals surface area (Å²) in [6, 6.07) is 5.18. The average Bonchev–Trinajstić information content (AvgIpc) is 3.25. The first-order chi connectivity index (χ1) is 9.74. The van der Waals surface area contributed by atoms with E-state index in [-0.39, 0.29) is 0 Å². The first kappa shape index (κ1) is 14.0. The highest BCUT2D eigenvalue weighted by Crippen LogP contribution is 2.37. The molecule has 2 unspecified atom stereocenters. The minimum atomic E-state index is -0.741. The lowest BCUT2D eigenvalue weighted by atomic mass is 9.82. The predicted octanol–water partition coefficient (Wildman–Crippen LogP) is 4.38. The van der Waals surface area contributed by atoms with Crippen molar-refractivity contribution in [3.8, 4) is 0 Å². The minimum Gasteiger partial charge on any atom is -0.314 e. The molecule has 0 heterocycles. The van der Waals surface area contributed by atoms with Crippen molar-refractivity contribution in [1.82, 2.24) is 5.32 Å². The van der Waals surface area contributed by atoms with Gasteiger partial charge in [0.25, 0.3) is 0 Å². The molecule has 20 heavy (non-hydrogen) atoms. The van der Waals surface area contributed by atoms with Gasteiger partial charge in [-0.2, -0.15) is 0 Å². The van der Waals surface area contributed by atoms with E-state index in [0.717, 1.165) is 18.5 Å². The molecule has 1 N–H and O–H groups in total. The molecule has 2 aliphatic rings. The van der Waals surface area contributed by atoms with Crippen molar-refractivity contribution in [3.05, 3.63) is 35.4 Å². The number of rotatable bonds is 4. The fourth-order valence-corrected chi connectivity index (χ4v) is 3.42. The van der Waals surface area contributed by atoms with Gasteiger partial charge in [-0.05, 0) is 61.8 Å². The zero-order valence-electron chi connectivity index (χ0n) is 11.9. The van der Waals surface area contributed by atoms with Crippen molar-refractivity contribution in [3.63, 3.8) is 0 Å². The summed E-state index contributed by atoms with van der Waals surface area (Å²) < 4.78 is 26.6. The van der Waals surface area contributed by atoms with E-state index in [1.807, 2.05) is 0 Å². The largest absolute Gasteiger partial charge is 0.314 e. The van der Waals surface area contributed by atoms with E-state index in [0.29, 0.717) is 17.9 Å². The van der Waals surface area contributed by atoms with E-state index in [1.54, 1.807) is 6.07 Å². The van der Waals surface area contributed by atoms with Gasteiger partial charge in [0.15, 0.2) is 11.6 Å². The molecule has 2 fully saturated rings. The maximum absolute atomic E-state index is 13.5. The molecular formula is C17H23F2N. The molecule has 0 spiro atoms. The third kappa shape index (κ3) is 3.38. The van der Waals surface area contributed by atoms with Crippen LogP contribution < -0.4 is 5.32 Å². The van der Waals surface area contributed by atoms with Crippen LogP contribution in [-0.2, 0) is 0 Å². The van der Waals surface area contributed by atoms with Crippen LogP contribution in [0.4, 0.5) is 8.78 Å². The fourth-order valence-electron chi connectivity index (χ4n) is 3.42. The molecule has 0 bridgehead atoms. The van der Waals surface area contributed by atoms with Crippen molar-refractivity contribution in [2.24, 2.45) is 5.92 Å². The second-order valence-corrected chi connectivity index (χ2v) is 6.36. The molecule has 2 aliphatic carbocycles. The molecule has 110 valence electrons. The van der Waals surface area contributed by atoms with Crippen molar-refractivity contribution in [2.45, 2.75) is 56.9 Å². The van der Waals surface area contributed by atoms with Gasteiger partial charge in [0.1, 0.15) is 0 Å². The molecule has 0 radical (unpaired) electrons. The van der Waals surface area contributed by atoms with Gasteiger partial charge in [0, 0.05) is 6.04 Å². The number of benzene rings is 1. The van der Waals surface area contributed by atoms with E-state index in [9.17, 15) is 8.78 Å². The van der Waals surface area contributed by atoms with Crippen molar-refractivity contribution in [2.75, 3.05) is 6.54 Å². The quantitative estimate of drug-likeness (QED) is 0.806. The second kappa shape index (κ2) is 6.21. The number of hydrogen-bond donors (Lipinski definition) is 1. The first-order valence-electron chi connectivity index (χ1n) is 7.92. The average molecular weight is 279 g/mol. The smallest absolute Gasteiger partial charge is 0.159 e. The molecule has 0 amide bonds. The van der Waals surface area contributed by atoms with E-state index >= 15 is 0 Å². The maximum Gasteiger partial charge on any atom is 0.159 e. The Morgan fingerprint density at radius 3 is 2.50 bits per heavy atom. The van der Waals surface area contributed by atoms with Crippen molar-refractivity contribution < 1.29 is 8.78 Å². The Morgan fingerprint density at radius 2 is 1.75 bits per heavy atom. The molecule has 0 aromatic heterocycles. The van der Waals surface area contributed by atoms with Crippen LogP contribution in [0.3, 0.4) is 0 Å². The molecule has 1 aromatic carbocycles. The van der Waals surface area contributed by atoms with Gasteiger partial charge in [-0.1, -0.05) is 25.3 Å². The van der Waals surface area contributed by atoms with Crippen molar-refractivity contribution >= 4 is 0 Å². The monoisotopic (exact) mass is 279 g/mol. The summed E-state index contributed by atoms with van der Waals surface area (Å²) in [5, 5.41) is 3.61. The van der Waals surface area contributed by atoms with E-state index in [4.69, 9.17) is 0 Å². The highest BCUT2D eigenvalue weighted by molar-refractivity contribution is 5.23. The summed E-state index contributed by atoms with van der Waals surface area (Å²) >= 11 is 0. The first-order valence-corrected chi connectivity index (χ1v) is 7.92. The highest BCUT2D eigenvalue weighted by atomic mass is 19.2. The van der Waals surface area contributed by atoms with Crippen LogP contribution in [0.5, 0.6) is 0 Å². The zero-order valence-corrected chi connectivity index (χ0v) is 11.9. The molecule has 0 saturated heterocycles. The van der Waals surface area contributed by atoms with Crippen LogP contribution in [0, 0.1) is 17.6 Å². The van der Waals surface area contributed by atoms with Gasteiger partial charge in [-0.25, -0.2) is 8.78 Å². The van der Waals surface area contributed by atoms with E-state index in [1.165, 1.54) is 50.7 Å². The summed E-state index contributed by atoms with van der Waals surface area (Å²) in [4.78, 5) is 0. The molecular weight excluding hydrogens is 256 g/mol. The van der Waals surface area contributed by atoms with E-state index in [2.05, 4.69) is 5.32 Å². The summed E-state index contributed by atoms with van der Waals surface area (Å²) in [7, 11) is 0. The molecule has 2 saturated carbocycles. The Labute approximate surface area is 119 Å². The van der Waals surface area contributed by atoms with Gasteiger partial charge < -0.3 is 5.32 Å². The van der Waals surface area contributed by atoms with Crippen LogP contribution in [0.2, 0.25) is 0 Å². The third-order valence-corrected chi connectivity index (χ3v) is 4.78. The van der Waals surface area contributed by atoms with Crippen LogP contribution >= 0.6 is 0 Å². The fraction of sp³-hybridized carbons (Fsp3) is 0.647. The lowest BCUT2D eigenvalue weighted by Crippen LogP contribution is -2.28. The van der Waals surface area contributed by atoms with Gasteiger partial charge in [0.2, 0.25) is 0 Å². The summed E-state index contributed by atoms with van der Waals surface area (Å²) in [6.45, 7) is 1.02. The van der Waals surface area contributed by atoms with Crippen LogP contribution in [0.15, 0.2) is 18.2 Å². The van der Waals surface area contributed by atoms with Gasteiger partial charge >= 0.3 is 0 Å². The van der Waals surface area contributed by atoms with Gasteiger partial charge in [0.05, 0.1) is 0 Å². The standard InChI is InChI=1S/C17H23F2N/c18-16-9-6-12(10-17(16)19)15-5-3-1-2-4-13(15)11-20-14-7-8-14/h6,9-10,13-15,20H,1-5,7-8,11H2. The summed E-state index contributed by atoms with van der Waals surface area (Å²) in [5.74, 6) is -0.516. The molecule has 3 heteroatoms. The van der Waals surface area contributed by atoms with Crippen LogP contribution in [0.25, 0.3) is 0 Å². The van der Waals surface area contributed by atoms with E-state index < -0.39 is 11.6 Å².